The van der Waals surface area contributed by atoms with Crippen molar-refractivity contribution in [2.75, 3.05) is 13.1 Å². The number of unbranched alkanes of at least 4 members (excludes halogenated alkanes) is 1. The molecule has 98 valence electrons. The van der Waals surface area contributed by atoms with E-state index < -0.39 is 11.8 Å². The Morgan fingerprint density at radius 2 is 1.94 bits per heavy atom. The van der Waals surface area contributed by atoms with Gasteiger partial charge >= 0.3 is 0 Å². The molecule has 1 fully saturated rings. The molecule has 0 radical (unpaired) electrons. The van der Waals surface area contributed by atoms with E-state index in [-0.39, 0.29) is 5.91 Å². The van der Waals surface area contributed by atoms with E-state index >= 15 is 0 Å². The number of rotatable bonds is 5. The molecule has 0 aliphatic carbocycles. The number of carbonyl (C=O) groups is 2. The van der Waals surface area contributed by atoms with Gasteiger partial charge in [-0.15, -0.1) is 0 Å². The topological polar surface area (TPSA) is 69.6 Å². The van der Waals surface area contributed by atoms with E-state index in [9.17, 15) is 9.59 Å². The molecule has 1 aliphatic heterocycles. The average Bonchev–Trinajstić information content (AvgIpc) is 2.39. The molecule has 1 saturated heterocycles. The first-order chi connectivity index (χ1) is 8.20. The Labute approximate surface area is 102 Å². The Kier molecular flexibility index (Phi) is 5.97. The Balaban J connectivity index is 2.60. The first-order valence-electron chi connectivity index (χ1n) is 6.43. The second-order valence-electron chi connectivity index (χ2n) is 4.56. The quantitative estimate of drug-likeness (QED) is 0.434. The van der Waals surface area contributed by atoms with Gasteiger partial charge in [-0.1, -0.05) is 19.8 Å². The molecule has 0 bridgehead atoms. The third-order valence-electron chi connectivity index (χ3n) is 3.24. The molecule has 1 aliphatic rings. The van der Waals surface area contributed by atoms with Crippen LogP contribution in [0.15, 0.2) is 0 Å². The molecular weight excluding hydrogens is 220 g/mol. The van der Waals surface area contributed by atoms with E-state index in [1.807, 2.05) is 6.92 Å². The summed E-state index contributed by atoms with van der Waals surface area (Å²) in [5, 5.41) is 8.68. The van der Waals surface area contributed by atoms with Crippen molar-refractivity contribution in [1.29, 1.82) is 0 Å². The lowest BCUT2D eigenvalue weighted by Crippen LogP contribution is -2.45. The molecule has 0 saturated carbocycles. The minimum Gasteiger partial charge on any atom is -0.342 e. The van der Waals surface area contributed by atoms with Crippen molar-refractivity contribution in [1.82, 2.24) is 10.4 Å². The van der Waals surface area contributed by atoms with Crippen LogP contribution in [-0.2, 0) is 9.59 Å². The molecule has 0 aromatic carbocycles. The van der Waals surface area contributed by atoms with Gasteiger partial charge < -0.3 is 4.90 Å². The van der Waals surface area contributed by atoms with Crippen LogP contribution in [-0.4, -0.2) is 35.0 Å². The van der Waals surface area contributed by atoms with Gasteiger partial charge in [0.1, 0.15) is 5.92 Å². The highest BCUT2D eigenvalue weighted by atomic mass is 16.5. The highest BCUT2D eigenvalue weighted by Gasteiger charge is 2.30. The fourth-order valence-electron chi connectivity index (χ4n) is 2.19. The minimum absolute atomic E-state index is 0.135. The molecule has 0 aromatic rings. The van der Waals surface area contributed by atoms with Crippen molar-refractivity contribution < 1.29 is 14.8 Å². The van der Waals surface area contributed by atoms with E-state index in [0.29, 0.717) is 6.42 Å². The van der Waals surface area contributed by atoms with Crippen molar-refractivity contribution in [2.24, 2.45) is 5.92 Å². The number of amides is 2. The van der Waals surface area contributed by atoms with Crippen LogP contribution in [0.3, 0.4) is 0 Å². The molecule has 1 rings (SSSR count). The zero-order valence-corrected chi connectivity index (χ0v) is 10.4. The van der Waals surface area contributed by atoms with Crippen LogP contribution < -0.4 is 5.48 Å². The highest BCUT2D eigenvalue weighted by molar-refractivity contribution is 5.99. The molecule has 5 nitrogen and oxygen atoms in total. The fourth-order valence-corrected chi connectivity index (χ4v) is 2.19. The van der Waals surface area contributed by atoms with E-state index in [4.69, 9.17) is 5.21 Å². The second-order valence-corrected chi connectivity index (χ2v) is 4.56. The number of piperidine rings is 1. The molecule has 5 heteroatoms. The van der Waals surface area contributed by atoms with Crippen LogP contribution in [0.4, 0.5) is 0 Å². The molecule has 0 spiro atoms. The van der Waals surface area contributed by atoms with Gasteiger partial charge in [-0.25, -0.2) is 5.48 Å². The zero-order valence-electron chi connectivity index (χ0n) is 10.4. The van der Waals surface area contributed by atoms with Crippen LogP contribution in [0.5, 0.6) is 0 Å². The number of nitrogens with zero attached hydrogens (tertiary/aromatic N) is 1. The summed E-state index contributed by atoms with van der Waals surface area (Å²) >= 11 is 0. The zero-order chi connectivity index (χ0) is 12.7. The summed E-state index contributed by atoms with van der Waals surface area (Å²) in [6.07, 6.45) is 5.42. The third-order valence-corrected chi connectivity index (χ3v) is 3.24. The molecule has 17 heavy (non-hydrogen) atoms. The summed E-state index contributed by atoms with van der Waals surface area (Å²) in [7, 11) is 0. The minimum atomic E-state index is -0.724. The number of hydroxylamine groups is 1. The summed E-state index contributed by atoms with van der Waals surface area (Å²) in [6, 6.07) is 0. The summed E-state index contributed by atoms with van der Waals surface area (Å²) in [4.78, 5) is 25.4. The number of hydrogen-bond acceptors (Lipinski definition) is 3. The monoisotopic (exact) mass is 242 g/mol. The number of likely N-dealkylation sites (tertiary alicyclic amines) is 1. The summed E-state index contributed by atoms with van der Waals surface area (Å²) < 4.78 is 0. The molecule has 2 N–H and O–H groups in total. The summed E-state index contributed by atoms with van der Waals surface area (Å²) in [5.74, 6) is -1.43. The number of hydrogen-bond donors (Lipinski definition) is 2. The van der Waals surface area contributed by atoms with Gasteiger partial charge in [0.25, 0.3) is 5.91 Å². The first-order valence-corrected chi connectivity index (χ1v) is 6.43. The first kappa shape index (κ1) is 14.0. The lowest BCUT2D eigenvalue weighted by Gasteiger charge is -2.29. The highest BCUT2D eigenvalue weighted by Crippen LogP contribution is 2.16. The van der Waals surface area contributed by atoms with E-state index in [0.717, 1.165) is 45.2 Å². The summed E-state index contributed by atoms with van der Waals surface area (Å²) in [5.41, 5.74) is 1.61. The van der Waals surface area contributed by atoms with Gasteiger partial charge in [-0.2, -0.15) is 0 Å². The normalized spacial score (nSPS) is 17.6. The Hall–Kier alpha value is -1.10. The van der Waals surface area contributed by atoms with Crippen LogP contribution in [0.1, 0.15) is 45.4 Å². The van der Waals surface area contributed by atoms with Crippen molar-refractivity contribution in [3.8, 4) is 0 Å². The van der Waals surface area contributed by atoms with Crippen molar-refractivity contribution >= 4 is 11.8 Å². The third kappa shape index (κ3) is 4.00. The standard InChI is InChI=1S/C12H22N2O3/c1-2-3-7-10(11(15)13-17)12(16)14-8-5-4-6-9-14/h10,17H,2-9H2,1H3,(H,13,15). The van der Waals surface area contributed by atoms with Crippen LogP contribution in [0, 0.1) is 5.92 Å². The van der Waals surface area contributed by atoms with E-state index in [1.54, 1.807) is 10.4 Å². The maximum atomic E-state index is 12.2. The van der Waals surface area contributed by atoms with Gasteiger partial charge in [0.05, 0.1) is 0 Å². The van der Waals surface area contributed by atoms with Crippen LogP contribution >= 0.6 is 0 Å². The Morgan fingerprint density at radius 3 is 2.47 bits per heavy atom. The molecule has 1 heterocycles. The molecule has 1 atom stereocenters. The van der Waals surface area contributed by atoms with E-state index in [1.165, 1.54) is 0 Å². The predicted molar refractivity (Wildman–Crippen MR) is 63.4 cm³/mol. The molecule has 2 amide bonds. The SMILES string of the molecule is CCCCC(C(=O)NO)C(=O)N1CCCCC1. The Bertz CT molecular complexity index is 262. The lowest BCUT2D eigenvalue weighted by atomic mass is 9.98. The van der Waals surface area contributed by atoms with Gasteiger partial charge in [-0.05, 0) is 25.7 Å². The molecular formula is C12H22N2O3. The molecule has 0 aromatic heterocycles. The van der Waals surface area contributed by atoms with Crippen molar-refractivity contribution in [3.63, 3.8) is 0 Å². The maximum Gasteiger partial charge on any atom is 0.255 e. The van der Waals surface area contributed by atoms with Gasteiger partial charge in [0, 0.05) is 13.1 Å². The van der Waals surface area contributed by atoms with Crippen molar-refractivity contribution in [3.05, 3.63) is 0 Å². The van der Waals surface area contributed by atoms with Crippen LogP contribution in [0.2, 0.25) is 0 Å². The summed E-state index contributed by atoms with van der Waals surface area (Å²) in [6.45, 7) is 3.49. The lowest BCUT2D eigenvalue weighted by molar-refractivity contribution is -0.147. The molecule has 1 unspecified atom stereocenters. The number of nitrogens with one attached hydrogen (secondary N) is 1. The number of carbonyl (C=O) groups excluding carboxylic acids is 2. The Morgan fingerprint density at radius 1 is 1.29 bits per heavy atom. The smallest absolute Gasteiger partial charge is 0.255 e. The van der Waals surface area contributed by atoms with Crippen LogP contribution in [0.25, 0.3) is 0 Å². The van der Waals surface area contributed by atoms with Crippen molar-refractivity contribution in [2.45, 2.75) is 45.4 Å². The fraction of sp³-hybridized carbons (Fsp3) is 0.833. The largest absolute Gasteiger partial charge is 0.342 e. The van der Waals surface area contributed by atoms with Gasteiger partial charge in [0.15, 0.2) is 0 Å². The van der Waals surface area contributed by atoms with Gasteiger partial charge in [0.2, 0.25) is 5.91 Å². The van der Waals surface area contributed by atoms with E-state index in [2.05, 4.69) is 0 Å². The average molecular weight is 242 g/mol. The predicted octanol–water partition coefficient (Wildman–Crippen LogP) is 1.31. The maximum absolute atomic E-state index is 12.2. The van der Waals surface area contributed by atoms with Gasteiger partial charge in [-0.3, -0.25) is 14.8 Å². The second kappa shape index (κ2) is 7.27.